The van der Waals surface area contributed by atoms with Crippen LogP contribution >= 0.6 is 11.6 Å². The normalized spacial score (nSPS) is 12.3. The first kappa shape index (κ1) is 12.9. The first-order valence-corrected chi connectivity index (χ1v) is 6.30. The van der Waals surface area contributed by atoms with Gasteiger partial charge < -0.3 is 10.4 Å². The van der Waals surface area contributed by atoms with Crippen molar-refractivity contribution in [3.63, 3.8) is 0 Å². The van der Waals surface area contributed by atoms with Gasteiger partial charge >= 0.3 is 0 Å². The summed E-state index contributed by atoms with van der Waals surface area (Å²) in [6.45, 7) is 2.88. The Morgan fingerprint density at radius 2 is 1.67 bits per heavy atom. The molecule has 2 aromatic rings. The smallest absolute Gasteiger partial charge is 0.115 e. The monoisotopic (exact) mass is 261 g/mol. The van der Waals surface area contributed by atoms with Crippen LogP contribution < -0.4 is 5.32 Å². The summed E-state index contributed by atoms with van der Waals surface area (Å²) in [5, 5.41) is 13.4. The summed E-state index contributed by atoms with van der Waals surface area (Å²) in [5.74, 6) is 0.296. The molecule has 0 aliphatic heterocycles. The molecule has 0 unspecified atom stereocenters. The number of nitrogens with one attached hydrogen (secondary N) is 1. The number of benzene rings is 2. The van der Waals surface area contributed by atoms with Crippen LogP contribution in [0.15, 0.2) is 48.5 Å². The Hall–Kier alpha value is -1.51. The fraction of sp³-hybridized carbons (Fsp3) is 0.200. The molecular weight excluding hydrogens is 246 g/mol. The standard InChI is InChI=1S/C15H16ClNO/c1-11(13-4-6-14(16)7-5-13)17-10-12-2-8-15(18)9-3-12/h2-9,11,17-18H,10H2,1H3/t11-/m1/s1. The molecule has 0 heterocycles. The first-order valence-electron chi connectivity index (χ1n) is 5.92. The molecule has 0 saturated carbocycles. The van der Waals surface area contributed by atoms with E-state index in [1.165, 1.54) is 5.56 Å². The molecule has 0 amide bonds. The van der Waals surface area contributed by atoms with Gasteiger partial charge in [-0.15, -0.1) is 0 Å². The van der Waals surface area contributed by atoms with Crippen molar-refractivity contribution in [3.05, 3.63) is 64.7 Å². The van der Waals surface area contributed by atoms with E-state index < -0.39 is 0 Å². The number of hydrogen-bond donors (Lipinski definition) is 2. The zero-order valence-electron chi connectivity index (χ0n) is 10.2. The summed E-state index contributed by atoms with van der Waals surface area (Å²) in [5.41, 5.74) is 2.35. The van der Waals surface area contributed by atoms with Crippen LogP contribution in [0.3, 0.4) is 0 Å². The Morgan fingerprint density at radius 3 is 2.28 bits per heavy atom. The van der Waals surface area contributed by atoms with Crippen LogP contribution in [-0.2, 0) is 6.54 Å². The maximum Gasteiger partial charge on any atom is 0.115 e. The van der Waals surface area contributed by atoms with E-state index in [2.05, 4.69) is 12.2 Å². The fourth-order valence-corrected chi connectivity index (χ4v) is 1.88. The summed E-state index contributed by atoms with van der Waals surface area (Å²) in [4.78, 5) is 0. The minimum atomic E-state index is 0.260. The molecule has 2 nitrogen and oxygen atoms in total. The number of phenolic OH excluding ortho intramolecular Hbond substituents is 1. The van der Waals surface area contributed by atoms with Crippen molar-refractivity contribution in [1.82, 2.24) is 5.32 Å². The van der Waals surface area contributed by atoms with E-state index in [-0.39, 0.29) is 6.04 Å². The summed E-state index contributed by atoms with van der Waals surface area (Å²) in [7, 11) is 0. The van der Waals surface area contributed by atoms with Crippen LogP contribution in [0.1, 0.15) is 24.1 Å². The molecule has 0 bridgehead atoms. The summed E-state index contributed by atoms with van der Waals surface area (Å²) in [6.07, 6.45) is 0. The minimum Gasteiger partial charge on any atom is -0.508 e. The highest BCUT2D eigenvalue weighted by Gasteiger charge is 2.04. The quantitative estimate of drug-likeness (QED) is 0.875. The Morgan fingerprint density at radius 1 is 1.06 bits per heavy atom. The van der Waals surface area contributed by atoms with Crippen LogP contribution in [-0.4, -0.2) is 5.11 Å². The van der Waals surface area contributed by atoms with Gasteiger partial charge in [-0.2, -0.15) is 0 Å². The number of halogens is 1. The fourth-order valence-electron chi connectivity index (χ4n) is 1.75. The second kappa shape index (κ2) is 5.89. The molecule has 18 heavy (non-hydrogen) atoms. The van der Waals surface area contributed by atoms with E-state index in [1.807, 2.05) is 36.4 Å². The SMILES string of the molecule is C[C@@H](NCc1ccc(O)cc1)c1ccc(Cl)cc1. The summed E-state index contributed by atoms with van der Waals surface area (Å²) < 4.78 is 0. The molecule has 0 aliphatic rings. The third kappa shape index (κ3) is 3.49. The summed E-state index contributed by atoms with van der Waals surface area (Å²) >= 11 is 5.86. The number of aromatic hydroxyl groups is 1. The Labute approximate surface area is 112 Å². The van der Waals surface area contributed by atoms with Gasteiger partial charge in [-0.3, -0.25) is 0 Å². The van der Waals surface area contributed by atoms with Crippen LogP contribution in [0, 0.1) is 0 Å². The van der Waals surface area contributed by atoms with Crippen molar-refractivity contribution >= 4 is 11.6 Å². The van der Waals surface area contributed by atoms with E-state index in [0.717, 1.165) is 17.1 Å². The van der Waals surface area contributed by atoms with E-state index in [4.69, 9.17) is 11.6 Å². The van der Waals surface area contributed by atoms with Gasteiger partial charge in [0.1, 0.15) is 5.75 Å². The molecule has 2 aromatic carbocycles. The second-order valence-electron chi connectivity index (χ2n) is 4.32. The molecule has 0 fully saturated rings. The van der Waals surface area contributed by atoms with E-state index in [9.17, 15) is 5.11 Å². The van der Waals surface area contributed by atoms with Gasteiger partial charge in [0.2, 0.25) is 0 Å². The average Bonchev–Trinajstić information content (AvgIpc) is 2.38. The molecule has 3 heteroatoms. The van der Waals surface area contributed by atoms with Crippen molar-refractivity contribution in [2.75, 3.05) is 0 Å². The van der Waals surface area contributed by atoms with Crippen molar-refractivity contribution in [1.29, 1.82) is 0 Å². The molecule has 0 spiro atoms. The number of hydrogen-bond acceptors (Lipinski definition) is 2. The first-order chi connectivity index (χ1) is 8.65. The molecule has 2 rings (SSSR count). The lowest BCUT2D eigenvalue weighted by Crippen LogP contribution is -2.17. The molecule has 0 aliphatic carbocycles. The van der Waals surface area contributed by atoms with Crippen LogP contribution in [0.5, 0.6) is 5.75 Å². The lowest BCUT2D eigenvalue weighted by Gasteiger charge is -2.14. The Bertz CT molecular complexity index is 493. The summed E-state index contributed by atoms with van der Waals surface area (Å²) in [6, 6.07) is 15.3. The predicted molar refractivity (Wildman–Crippen MR) is 74.8 cm³/mol. The third-order valence-electron chi connectivity index (χ3n) is 2.92. The predicted octanol–water partition coefficient (Wildman–Crippen LogP) is 3.90. The van der Waals surface area contributed by atoms with Gasteiger partial charge in [-0.05, 0) is 42.3 Å². The zero-order valence-corrected chi connectivity index (χ0v) is 11.0. The highest BCUT2D eigenvalue weighted by atomic mass is 35.5. The third-order valence-corrected chi connectivity index (χ3v) is 3.17. The van der Waals surface area contributed by atoms with E-state index >= 15 is 0 Å². The van der Waals surface area contributed by atoms with Gasteiger partial charge in [0, 0.05) is 17.6 Å². The van der Waals surface area contributed by atoms with Crippen molar-refractivity contribution in [2.45, 2.75) is 19.5 Å². The number of phenols is 1. The largest absolute Gasteiger partial charge is 0.508 e. The van der Waals surface area contributed by atoms with Gasteiger partial charge in [-0.25, -0.2) is 0 Å². The van der Waals surface area contributed by atoms with E-state index in [1.54, 1.807) is 12.1 Å². The molecule has 0 saturated heterocycles. The molecule has 0 radical (unpaired) electrons. The average molecular weight is 262 g/mol. The molecular formula is C15H16ClNO. The maximum absolute atomic E-state index is 9.21. The highest BCUT2D eigenvalue weighted by Crippen LogP contribution is 2.17. The minimum absolute atomic E-state index is 0.260. The van der Waals surface area contributed by atoms with Crippen LogP contribution in [0.4, 0.5) is 0 Å². The van der Waals surface area contributed by atoms with Crippen LogP contribution in [0.2, 0.25) is 5.02 Å². The zero-order chi connectivity index (χ0) is 13.0. The van der Waals surface area contributed by atoms with Crippen molar-refractivity contribution < 1.29 is 5.11 Å². The second-order valence-corrected chi connectivity index (χ2v) is 4.76. The van der Waals surface area contributed by atoms with Gasteiger partial charge in [0.15, 0.2) is 0 Å². The number of rotatable bonds is 4. The maximum atomic E-state index is 9.21. The topological polar surface area (TPSA) is 32.3 Å². The molecule has 2 N–H and O–H groups in total. The van der Waals surface area contributed by atoms with Crippen molar-refractivity contribution in [2.24, 2.45) is 0 Å². The molecule has 94 valence electrons. The lowest BCUT2D eigenvalue weighted by atomic mass is 10.1. The molecule has 1 atom stereocenters. The highest BCUT2D eigenvalue weighted by molar-refractivity contribution is 6.30. The van der Waals surface area contributed by atoms with Gasteiger partial charge in [-0.1, -0.05) is 35.9 Å². The Kier molecular flexibility index (Phi) is 4.24. The van der Waals surface area contributed by atoms with Gasteiger partial charge in [0.25, 0.3) is 0 Å². The lowest BCUT2D eigenvalue weighted by molar-refractivity contribution is 0.474. The molecule has 0 aromatic heterocycles. The van der Waals surface area contributed by atoms with Crippen molar-refractivity contribution in [3.8, 4) is 5.75 Å². The Balaban J connectivity index is 1.93. The van der Waals surface area contributed by atoms with E-state index in [0.29, 0.717) is 5.75 Å². The van der Waals surface area contributed by atoms with Crippen LogP contribution in [0.25, 0.3) is 0 Å². The van der Waals surface area contributed by atoms with Gasteiger partial charge in [0.05, 0.1) is 0 Å².